The Morgan fingerprint density at radius 1 is 1.07 bits per heavy atom. The summed E-state index contributed by atoms with van der Waals surface area (Å²) in [6, 6.07) is 9.92. The van der Waals surface area contributed by atoms with Gasteiger partial charge in [-0.1, -0.05) is 23.9 Å². The van der Waals surface area contributed by atoms with Gasteiger partial charge in [-0.05, 0) is 29.6 Å². The van der Waals surface area contributed by atoms with Gasteiger partial charge in [-0.2, -0.15) is 5.10 Å². The van der Waals surface area contributed by atoms with Crippen molar-refractivity contribution in [1.82, 2.24) is 9.80 Å². The first-order valence-corrected chi connectivity index (χ1v) is 10.2. The van der Waals surface area contributed by atoms with E-state index >= 15 is 0 Å². The van der Waals surface area contributed by atoms with Crippen molar-refractivity contribution in [2.24, 2.45) is 10.2 Å². The van der Waals surface area contributed by atoms with Gasteiger partial charge in [0, 0.05) is 37.5 Å². The number of thioether (sulfide) groups is 1. The summed E-state index contributed by atoms with van der Waals surface area (Å²) in [6.45, 7) is 2.60. The van der Waals surface area contributed by atoms with Crippen LogP contribution in [0.4, 0.5) is 4.39 Å². The first-order valence-electron chi connectivity index (χ1n) is 8.32. The Morgan fingerprint density at radius 2 is 1.89 bits per heavy atom. The van der Waals surface area contributed by atoms with Crippen LogP contribution in [0.2, 0.25) is 0 Å². The highest BCUT2D eigenvalue weighted by Crippen LogP contribution is 2.22. The van der Waals surface area contributed by atoms with Crippen molar-refractivity contribution in [3.8, 4) is 0 Å². The largest absolute Gasteiger partial charge is 0.346 e. The van der Waals surface area contributed by atoms with Gasteiger partial charge in [0.15, 0.2) is 5.17 Å². The molecule has 1 saturated heterocycles. The molecular formula is C18H18ClFN4OS2. The zero-order chi connectivity index (χ0) is 17.9. The van der Waals surface area contributed by atoms with Crippen LogP contribution >= 0.6 is 35.5 Å². The lowest BCUT2D eigenvalue weighted by Crippen LogP contribution is -2.50. The number of amidine groups is 1. The molecule has 2 aliphatic rings. The van der Waals surface area contributed by atoms with Crippen LogP contribution in [0.15, 0.2) is 52.0 Å². The molecule has 9 heteroatoms. The monoisotopic (exact) mass is 424 g/mol. The molecule has 2 aromatic rings. The van der Waals surface area contributed by atoms with E-state index in [4.69, 9.17) is 0 Å². The molecule has 142 valence electrons. The third-order valence-electron chi connectivity index (χ3n) is 4.31. The molecule has 0 N–H and O–H groups in total. The summed E-state index contributed by atoms with van der Waals surface area (Å²) in [5, 5.41) is 11.7. The van der Waals surface area contributed by atoms with E-state index in [-0.39, 0.29) is 24.1 Å². The van der Waals surface area contributed by atoms with Gasteiger partial charge in [0.1, 0.15) is 5.82 Å². The van der Waals surface area contributed by atoms with Gasteiger partial charge in [0.2, 0.25) is 0 Å². The Kier molecular flexibility index (Phi) is 6.51. The maximum absolute atomic E-state index is 13.3. The summed E-state index contributed by atoms with van der Waals surface area (Å²) in [5.74, 6) is 0.296. The van der Waals surface area contributed by atoms with Crippen LogP contribution in [0.1, 0.15) is 15.2 Å². The molecule has 1 aromatic heterocycles. The van der Waals surface area contributed by atoms with E-state index in [9.17, 15) is 9.18 Å². The molecule has 0 spiro atoms. The molecule has 0 radical (unpaired) electrons. The number of piperazine rings is 1. The number of thiophene rings is 1. The van der Waals surface area contributed by atoms with Crippen molar-refractivity contribution >= 4 is 52.3 Å². The van der Waals surface area contributed by atoms with E-state index in [0.717, 1.165) is 21.5 Å². The number of benzene rings is 1. The number of carbonyl (C=O) groups is 1. The highest BCUT2D eigenvalue weighted by Gasteiger charge is 2.26. The normalized spacial score (nSPS) is 17.1. The number of rotatable bonds is 2. The van der Waals surface area contributed by atoms with Gasteiger partial charge in [0.05, 0.1) is 10.6 Å². The van der Waals surface area contributed by atoms with Gasteiger partial charge < -0.3 is 9.80 Å². The lowest BCUT2D eigenvalue weighted by Gasteiger charge is -2.36. The average Bonchev–Trinajstić information content (AvgIpc) is 3.23. The summed E-state index contributed by atoms with van der Waals surface area (Å²) < 4.78 is 13.3. The highest BCUT2D eigenvalue weighted by molar-refractivity contribution is 8.14. The van der Waals surface area contributed by atoms with Crippen LogP contribution in [-0.2, 0) is 0 Å². The fraction of sp³-hybridized carbons (Fsp3) is 0.278. The van der Waals surface area contributed by atoms with Gasteiger partial charge in [-0.3, -0.25) is 4.79 Å². The summed E-state index contributed by atoms with van der Waals surface area (Å²) >= 11 is 3.35. The molecule has 0 bridgehead atoms. The lowest BCUT2D eigenvalue weighted by atomic mass is 10.2. The van der Waals surface area contributed by atoms with Crippen molar-refractivity contribution in [2.45, 2.75) is 0 Å². The number of hydrogen-bond acceptors (Lipinski definition) is 6. The zero-order valence-electron chi connectivity index (χ0n) is 14.4. The van der Waals surface area contributed by atoms with Gasteiger partial charge in [0.25, 0.3) is 5.91 Å². The molecule has 0 unspecified atom stereocenters. The Balaban J connectivity index is 0.00000210. The standard InChI is InChI=1S/C18H17FN4OS2.ClH/c19-14-4-1-3-13(11-14)17(24)22-6-8-23(9-7-22)18-21-20-15(12-26-18)16-5-2-10-25-16;/h1-5,10-11H,6-9,12H2;1H. The van der Waals surface area contributed by atoms with Crippen LogP contribution in [0, 0.1) is 5.82 Å². The number of carbonyl (C=O) groups excluding carboxylic acids is 1. The number of halogens is 2. The third-order valence-corrected chi connectivity index (χ3v) is 6.24. The lowest BCUT2D eigenvalue weighted by molar-refractivity contribution is 0.0693. The number of amides is 1. The van der Waals surface area contributed by atoms with Crippen LogP contribution in [0.5, 0.6) is 0 Å². The van der Waals surface area contributed by atoms with Crippen molar-refractivity contribution in [3.63, 3.8) is 0 Å². The second-order valence-electron chi connectivity index (χ2n) is 5.98. The predicted octanol–water partition coefficient (Wildman–Crippen LogP) is 3.57. The smallest absolute Gasteiger partial charge is 0.254 e. The second-order valence-corrected chi connectivity index (χ2v) is 7.88. The fourth-order valence-electron chi connectivity index (χ4n) is 2.92. The second kappa shape index (κ2) is 8.86. The molecular weight excluding hydrogens is 407 g/mol. The molecule has 1 fully saturated rings. The molecule has 4 rings (SSSR count). The van der Waals surface area contributed by atoms with Gasteiger partial charge in [-0.15, -0.1) is 28.8 Å². The molecule has 3 heterocycles. The van der Waals surface area contributed by atoms with E-state index < -0.39 is 0 Å². The number of nitrogens with zero attached hydrogens (tertiary/aromatic N) is 4. The minimum atomic E-state index is -0.387. The molecule has 0 saturated carbocycles. The Labute approximate surface area is 171 Å². The van der Waals surface area contributed by atoms with Crippen LogP contribution in [0.3, 0.4) is 0 Å². The summed E-state index contributed by atoms with van der Waals surface area (Å²) in [5.41, 5.74) is 1.40. The minimum absolute atomic E-state index is 0. The van der Waals surface area contributed by atoms with E-state index in [1.54, 1.807) is 40.1 Å². The summed E-state index contributed by atoms with van der Waals surface area (Å²) in [4.78, 5) is 17.6. The maximum Gasteiger partial charge on any atom is 0.254 e. The molecule has 5 nitrogen and oxygen atoms in total. The minimum Gasteiger partial charge on any atom is -0.346 e. The van der Waals surface area contributed by atoms with Crippen LogP contribution in [0.25, 0.3) is 0 Å². The van der Waals surface area contributed by atoms with Gasteiger partial charge in [-0.25, -0.2) is 4.39 Å². The number of hydrogen-bond donors (Lipinski definition) is 0. The van der Waals surface area contributed by atoms with Crippen molar-refractivity contribution in [3.05, 3.63) is 58.0 Å². The Bertz CT molecular complexity index is 864. The zero-order valence-corrected chi connectivity index (χ0v) is 16.8. The summed E-state index contributed by atoms with van der Waals surface area (Å²) in [6.07, 6.45) is 0. The van der Waals surface area contributed by atoms with E-state index in [2.05, 4.69) is 21.2 Å². The van der Waals surface area contributed by atoms with E-state index in [1.807, 2.05) is 11.4 Å². The topological polar surface area (TPSA) is 48.3 Å². The molecule has 27 heavy (non-hydrogen) atoms. The molecule has 2 aliphatic heterocycles. The molecule has 1 aromatic carbocycles. The summed E-state index contributed by atoms with van der Waals surface area (Å²) in [7, 11) is 0. The molecule has 0 atom stereocenters. The maximum atomic E-state index is 13.3. The quantitative estimate of drug-likeness (QED) is 0.740. The SMILES string of the molecule is Cl.O=C(c1cccc(F)c1)N1CCN(C2=NN=C(c3cccs3)CS2)CC1. The first-order chi connectivity index (χ1) is 12.7. The fourth-order valence-corrected chi connectivity index (χ4v) is 4.66. The van der Waals surface area contributed by atoms with Crippen LogP contribution < -0.4 is 0 Å². The predicted molar refractivity (Wildman–Crippen MR) is 112 cm³/mol. The first kappa shape index (κ1) is 19.9. The highest BCUT2D eigenvalue weighted by atomic mass is 35.5. The third kappa shape index (κ3) is 4.51. The Hall–Kier alpha value is -1.90. The average molecular weight is 425 g/mol. The molecule has 0 aliphatic carbocycles. The molecule has 1 amide bonds. The Morgan fingerprint density at radius 3 is 2.52 bits per heavy atom. The van der Waals surface area contributed by atoms with Crippen LogP contribution in [-0.4, -0.2) is 58.5 Å². The van der Waals surface area contributed by atoms with Gasteiger partial charge >= 0.3 is 0 Å². The van der Waals surface area contributed by atoms with E-state index in [1.165, 1.54) is 12.1 Å². The van der Waals surface area contributed by atoms with Crippen molar-refractivity contribution in [2.75, 3.05) is 31.9 Å². The van der Waals surface area contributed by atoms with Crippen molar-refractivity contribution < 1.29 is 9.18 Å². The van der Waals surface area contributed by atoms with Crippen molar-refractivity contribution in [1.29, 1.82) is 0 Å². The van der Waals surface area contributed by atoms with E-state index in [0.29, 0.717) is 31.7 Å².